The number of amides is 1. The van der Waals surface area contributed by atoms with Gasteiger partial charge in [0.05, 0.1) is 0 Å². The minimum atomic E-state index is -0.539. The Balaban J connectivity index is 1.93. The molecule has 0 bridgehead atoms. The number of fused-ring (bicyclic) bond motifs is 1. The fraction of sp³-hybridized carbons (Fsp3) is 0.429. The molecule has 1 aromatic rings. The van der Waals surface area contributed by atoms with Crippen molar-refractivity contribution in [2.45, 2.75) is 32.1 Å². The van der Waals surface area contributed by atoms with Crippen molar-refractivity contribution < 1.29 is 9.59 Å². The Hall–Kier alpha value is -1.64. The summed E-state index contributed by atoms with van der Waals surface area (Å²) >= 11 is 0. The first-order valence-corrected chi connectivity index (χ1v) is 6.13. The number of nitrogens with one attached hydrogen (secondary N) is 1. The average Bonchev–Trinajstić information content (AvgIpc) is 2.38. The van der Waals surface area contributed by atoms with Crippen LogP contribution in [0.5, 0.6) is 0 Å². The first-order valence-electron chi connectivity index (χ1n) is 6.13. The summed E-state index contributed by atoms with van der Waals surface area (Å²) in [6, 6.07) is 6.56. The third kappa shape index (κ3) is 3.16. The van der Waals surface area contributed by atoms with E-state index in [1.165, 1.54) is 42.4 Å². The summed E-state index contributed by atoms with van der Waals surface area (Å²) in [6.45, 7) is 0.524. The van der Waals surface area contributed by atoms with Crippen LogP contribution in [-0.4, -0.2) is 18.7 Å². The third-order valence-electron chi connectivity index (χ3n) is 3.23. The number of benzene rings is 1. The van der Waals surface area contributed by atoms with Gasteiger partial charge in [-0.25, -0.2) is 0 Å². The second-order valence-electron chi connectivity index (χ2n) is 4.47. The van der Waals surface area contributed by atoms with Gasteiger partial charge in [-0.2, -0.15) is 0 Å². The van der Waals surface area contributed by atoms with E-state index < -0.39 is 5.91 Å². The summed E-state index contributed by atoms with van der Waals surface area (Å²) in [5.41, 5.74) is 4.16. The lowest BCUT2D eigenvalue weighted by Crippen LogP contribution is -2.26. The maximum absolute atomic E-state index is 10.8. The van der Waals surface area contributed by atoms with Gasteiger partial charge in [-0.3, -0.25) is 9.59 Å². The number of aldehydes is 1. The Morgan fingerprint density at radius 1 is 1.24 bits per heavy atom. The van der Waals surface area contributed by atoms with Crippen LogP contribution in [0.25, 0.3) is 0 Å². The molecule has 0 radical (unpaired) electrons. The number of hydrogen-bond acceptors (Lipinski definition) is 2. The van der Waals surface area contributed by atoms with Gasteiger partial charge in [0.15, 0.2) is 0 Å². The fourth-order valence-electron chi connectivity index (χ4n) is 2.31. The molecule has 1 N–H and O–H groups in total. The normalized spacial score (nSPS) is 13.9. The van der Waals surface area contributed by atoms with E-state index in [1.807, 2.05) is 0 Å². The molecule has 0 atom stereocenters. The quantitative estimate of drug-likeness (QED) is 0.629. The minimum absolute atomic E-state index is 0.312. The van der Waals surface area contributed by atoms with Crippen molar-refractivity contribution in [2.24, 2.45) is 0 Å². The van der Waals surface area contributed by atoms with Crippen LogP contribution in [0.1, 0.15) is 29.5 Å². The van der Waals surface area contributed by atoms with E-state index in [4.69, 9.17) is 0 Å². The zero-order valence-electron chi connectivity index (χ0n) is 9.87. The summed E-state index contributed by atoms with van der Waals surface area (Å²) in [4.78, 5) is 20.9. The molecule has 2 rings (SSSR count). The summed E-state index contributed by atoms with van der Waals surface area (Å²) in [5, 5.41) is 2.55. The van der Waals surface area contributed by atoms with E-state index in [0.717, 1.165) is 6.42 Å². The van der Waals surface area contributed by atoms with Crippen LogP contribution < -0.4 is 5.32 Å². The van der Waals surface area contributed by atoms with Crippen molar-refractivity contribution in [1.82, 2.24) is 5.32 Å². The average molecular weight is 231 g/mol. The second kappa shape index (κ2) is 5.62. The van der Waals surface area contributed by atoms with Crippen LogP contribution in [0.15, 0.2) is 18.2 Å². The summed E-state index contributed by atoms with van der Waals surface area (Å²) in [6.07, 6.45) is 6.03. The van der Waals surface area contributed by atoms with Crippen molar-refractivity contribution in [2.75, 3.05) is 6.54 Å². The van der Waals surface area contributed by atoms with Crippen LogP contribution in [-0.2, 0) is 28.9 Å². The lowest BCUT2D eigenvalue weighted by atomic mass is 9.90. The molecule has 0 aliphatic heterocycles. The first-order chi connectivity index (χ1) is 8.29. The van der Waals surface area contributed by atoms with Crippen LogP contribution in [0, 0.1) is 0 Å². The van der Waals surface area contributed by atoms with Crippen molar-refractivity contribution in [3.63, 3.8) is 0 Å². The van der Waals surface area contributed by atoms with Gasteiger partial charge in [0.25, 0.3) is 5.91 Å². The van der Waals surface area contributed by atoms with E-state index in [1.54, 1.807) is 0 Å². The highest BCUT2D eigenvalue weighted by Gasteiger charge is 2.09. The van der Waals surface area contributed by atoms with E-state index in [2.05, 4.69) is 23.5 Å². The minimum Gasteiger partial charge on any atom is -0.349 e. The van der Waals surface area contributed by atoms with Crippen molar-refractivity contribution in [1.29, 1.82) is 0 Å². The van der Waals surface area contributed by atoms with Gasteiger partial charge in [-0.05, 0) is 48.8 Å². The first kappa shape index (κ1) is 11.8. The molecule has 17 heavy (non-hydrogen) atoms. The van der Waals surface area contributed by atoms with Crippen LogP contribution in [0.3, 0.4) is 0 Å². The smallest absolute Gasteiger partial charge is 0.284 e. The van der Waals surface area contributed by atoms with Gasteiger partial charge in [0.2, 0.25) is 6.29 Å². The molecular weight excluding hydrogens is 214 g/mol. The van der Waals surface area contributed by atoms with E-state index >= 15 is 0 Å². The highest BCUT2D eigenvalue weighted by molar-refractivity contribution is 6.23. The molecular formula is C14H17NO2. The van der Waals surface area contributed by atoms with Crippen LogP contribution in [0.2, 0.25) is 0 Å². The molecule has 1 aromatic carbocycles. The van der Waals surface area contributed by atoms with Crippen LogP contribution in [0.4, 0.5) is 0 Å². The predicted molar refractivity (Wildman–Crippen MR) is 65.9 cm³/mol. The zero-order valence-corrected chi connectivity index (χ0v) is 9.87. The Morgan fingerprint density at radius 2 is 2.00 bits per heavy atom. The van der Waals surface area contributed by atoms with E-state index in [0.29, 0.717) is 12.8 Å². The standard InChI is InChI=1S/C14H17NO2/c16-10-14(17)15-8-7-11-5-6-12-3-1-2-4-13(12)9-11/h5-6,9-10H,1-4,7-8H2,(H,15,17). The van der Waals surface area contributed by atoms with Gasteiger partial charge in [0.1, 0.15) is 0 Å². The molecule has 0 heterocycles. The van der Waals surface area contributed by atoms with Gasteiger partial charge >= 0.3 is 0 Å². The molecule has 3 nitrogen and oxygen atoms in total. The molecule has 1 amide bonds. The number of hydrogen-bond donors (Lipinski definition) is 1. The molecule has 1 aliphatic carbocycles. The number of aryl methyl sites for hydroxylation is 2. The molecule has 90 valence electrons. The Kier molecular flexibility index (Phi) is 3.91. The summed E-state index contributed by atoms with van der Waals surface area (Å²) < 4.78 is 0. The molecule has 0 fully saturated rings. The highest BCUT2D eigenvalue weighted by atomic mass is 16.2. The monoisotopic (exact) mass is 231 g/mol. The maximum atomic E-state index is 10.8. The summed E-state index contributed by atoms with van der Waals surface area (Å²) in [5.74, 6) is -0.539. The van der Waals surface area contributed by atoms with Gasteiger partial charge in [0, 0.05) is 6.54 Å². The summed E-state index contributed by atoms with van der Waals surface area (Å²) in [7, 11) is 0. The number of carbonyl (C=O) groups is 2. The molecule has 0 spiro atoms. The van der Waals surface area contributed by atoms with Gasteiger partial charge < -0.3 is 5.32 Å². The van der Waals surface area contributed by atoms with E-state index in [-0.39, 0.29) is 0 Å². The predicted octanol–water partition coefficient (Wildman–Crippen LogP) is 1.42. The molecule has 3 heteroatoms. The lowest BCUT2D eigenvalue weighted by molar-refractivity contribution is -0.131. The largest absolute Gasteiger partial charge is 0.349 e. The zero-order chi connectivity index (χ0) is 12.1. The van der Waals surface area contributed by atoms with Crippen LogP contribution >= 0.6 is 0 Å². The third-order valence-corrected chi connectivity index (χ3v) is 3.23. The maximum Gasteiger partial charge on any atom is 0.284 e. The van der Waals surface area contributed by atoms with Gasteiger partial charge in [-0.15, -0.1) is 0 Å². The van der Waals surface area contributed by atoms with Crippen molar-refractivity contribution in [3.8, 4) is 0 Å². The molecule has 0 aromatic heterocycles. The molecule has 0 saturated heterocycles. The SMILES string of the molecule is O=CC(=O)NCCc1ccc2c(c1)CCCC2. The lowest BCUT2D eigenvalue weighted by Gasteiger charge is -2.16. The number of rotatable bonds is 4. The fourth-order valence-corrected chi connectivity index (χ4v) is 2.31. The highest BCUT2D eigenvalue weighted by Crippen LogP contribution is 2.22. The van der Waals surface area contributed by atoms with E-state index in [9.17, 15) is 9.59 Å². The molecule has 1 aliphatic rings. The second-order valence-corrected chi connectivity index (χ2v) is 4.47. The molecule has 0 saturated carbocycles. The molecule has 0 unspecified atom stereocenters. The van der Waals surface area contributed by atoms with Crippen molar-refractivity contribution in [3.05, 3.63) is 34.9 Å². The van der Waals surface area contributed by atoms with Gasteiger partial charge in [-0.1, -0.05) is 18.2 Å². The Bertz CT molecular complexity index is 426. The number of carbonyl (C=O) groups excluding carboxylic acids is 2. The topological polar surface area (TPSA) is 46.2 Å². The Morgan fingerprint density at radius 3 is 2.76 bits per heavy atom. The Labute approximate surface area is 101 Å². The van der Waals surface area contributed by atoms with Crippen molar-refractivity contribution >= 4 is 12.2 Å².